The molecular formula is C18H25FIN5O. The van der Waals surface area contributed by atoms with Gasteiger partial charge in [-0.15, -0.1) is 24.0 Å². The second-order valence-electron chi connectivity index (χ2n) is 6.13. The number of hydrogen-bond donors (Lipinski definition) is 2. The molecule has 0 atom stereocenters. The minimum absolute atomic E-state index is 0. The molecule has 0 aliphatic carbocycles. The molecule has 6 nitrogen and oxygen atoms in total. The van der Waals surface area contributed by atoms with Crippen molar-refractivity contribution in [3.8, 4) is 6.07 Å². The molecule has 1 aliphatic heterocycles. The smallest absolute Gasteiger partial charge is 0.220 e. The van der Waals surface area contributed by atoms with Gasteiger partial charge >= 0.3 is 0 Å². The Balaban J connectivity index is 0.00000338. The number of carbonyl (C=O) groups is 1. The monoisotopic (exact) mass is 473 g/mol. The predicted molar refractivity (Wildman–Crippen MR) is 110 cm³/mol. The van der Waals surface area contributed by atoms with E-state index < -0.39 is 0 Å². The summed E-state index contributed by atoms with van der Waals surface area (Å²) in [6.45, 7) is 1.89. The molecule has 0 radical (unpaired) electrons. The van der Waals surface area contributed by atoms with E-state index >= 15 is 0 Å². The number of benzene rings is 1. The first-order valence-corrected chi connectivity index (χ1v) is 8.42. The van der Waals surface area contributed by atoms with Crippen LogP contribution in [0.25, 0.3) is 0 Å². The highest BCUT2D eigenvalue weighted by molar-refractivity contribution is 14.0. The van der Waals surface area contributed by atoms with Crippen LogP contribution in [0, 0.1) is 23.1 Å². The Morgan fingerprint density at radius 3 is 2.69 bits per heavy atom. The third-order valence-electron chi connectivity index (χ3n) is 4.49. The molecule has 0 saturated carbocycles. The number of amides is 1. The van der Waals surface area contributed by atoms with Crippen molar-refractivity contribution < 1.29 is 9.18 Å². The fraction of sp³-hybridized carbons (Fsp3) is 0.500. The zero-order valence-corrected chi connectivity index (χ0v) is 17.4. The number of piperidine rings is 1. The Hall–Kier alpha value is -1.89. The van der Waals surface area contributed by atoms with Gasteiger partial charge in [0.05, 0.1) is 11.6 Å². The average Bonchev–Trinajstić information content (AvgIpc) is 2.64. The number of nitrogens with zero attached hydrogens (tertiary/aromatic N) is 3. The highest BCUT2D eigenvalue weighted by Crippen LogP contribution is 2.20. The molecule has 1 aliphatic rings. The SMILES string of the molecule is CN=C(NCc1cc(C#N)ccc1F)N1CCC(CC(=O)NC)CC1.I. The number of halogens is 2. The number of carbonyl (C=O) groups excluding carboxylic acids is 1. The van der Waals surface area contributed by atoms with E-state index in [9.17, 15) is 9.18 Å². The van der Waals surface area contributed by atoms with Gasteiger partial charge in [0.2, 0.25) is 5.91 Å². The van der Waals surface area contributed by atoms with Crippen LogP contribution < -0.4 is 10.6 Å². The molecule has 1 saturated heterocycles. The van der Waals surface area contributed by atoms with Gasteiger partial charge in [-0.2, -0.15) is 5.26 Å². The van der Waals surface area contributed by atoms with Crippen LogP contribution in [0.4, 0.5) is 4.39 Å². The molecule has 2 rings (SSSR count). The summed E-state index contributed by atoms with van der Waals surface area (Å²) in [4.78, 5) is 17.9. The van der Waals surface area contributed by atoms with Crippen molar-refractivity contribution in [2.75, 3.05) is 27.2 Å². The van der Waals surface area contributed by atoms with Crippen LogP contribution in [-0.2, 0) is 11.3 Å². The van der Waals surface area contributed by atoms with Crippen molar-refractivity contribution in [2.24, 2.45) is 10.9 Å². The number of likely N-dealkylation sites (tertiary alicyclic amines) is 1. The minimum atomic E-state index is -0.341. The standard InChI is InChI=1S/C18H24FN5O.HI/c1-21-17(25)10-13-5-7-24(8-6-13)18(22-2)23-12-15-9-14(11-20)3-4-16(15)19;/h3-4,9,13H,5-8,10,12H2,1-2H3,(H,21,25)(H,22,23);1H. The molecule has 1 amide bonds. The van der Waals surface area contributed by atoms with E-state index in [1.165, 1.54) is 12.1 Å². The maximum atomic E-state index is 13.9. The molecule has 26 heavy (non-hydrogen) atoms. The van der Waals surface area contributed by atoms with E-state index in [2.05, 4.69) is 20.5 Å². The molecule has 2 N–H and O–H groups in total. The van der Waals surface area contributed by atoms with Crippen molar-refractivity contribution in [2.45, 2.75) is 25.8 Å². The predicted octanol–water partition coefficient (Wildman–Crippen LogP) is 2.24. The number of guanidine groups is 1. The third-order valence-corrected chi connectivity index (χ3v) is 4.49. The summed E-state index contributed by atoms with van der Waals surface area (Å²) in [7, 11) is 3.35. The van der Waals surface area contributed by atoms with Crippen LogP contribution in [0.3, 0.4) is 0 Å². The average molecular weight is 473 g/mol. The van der Waals surface area contributed by atoms with Gasteiger partial charge in [0.25, 0.3) is 0 Å². The summed E-state index contributed by atoms with van der Waals surface area (Å²) in [6.07, 6.45) is 2.40. The Bertz CT molecular complexity index is 681. The van der Waals surface area contributed by atoms with Crippen molar-refractivity contribution in [1.29, 1.82) is 5.26 Å². The maximum absolute atomic E-state index is 13.9. The number of hydrogen-bond acceptors (Lipinski definition) is 3. The maximum Gasteiger partial charge on any atom is 0.220 e. The summed E-state index contributed by atoms with van der Waals surface area (Å²) < 4.78 is 13.9. The van der Waals surface area contributed by atoms with Crippen molar-refractivity contribution in [1.82, 2.24) is 15.5 Å². The van der Waals surface area contributed by atoms with Crippen LogP contribution in [0.15, 0.2) is 23.2 Å². The fourth-order valence-electron chi connectivity index (χ4n) is 3.00. The molecule has 0 aromatic heterocycles. The second-order valence-corrected chi connectivity index (χ2v) is 6.13. The lowest BCUT2D eigenvalue weighted by Gasteiger charge is -2.34. The summed E-state index contributed by atoms with van der Waals surface area (Å²) >= 11 is 0. The van der Waals surface area contributed by atoms with Crippen molar-refractivity contribution >= 4 is 35.8 Å². The molecule has 1 fully saturated rings. The zero-order valence-electron chi connectivity index (χ0n) is 15.1. The van der Waals surface area contributed by atoms with E-state index in [4.69, 9.17) is 5.26 Å². The minimum Gasteiger partial charge on any atom is -0.359 e. The van der Waals surface area contributed by atoms with Gasteiger partial charge in [-0.1, -0.05) is 0 Å². The molecule has 1 heterocycles. The number of aliphatic imine (C=N–C) groups is 1. The molecule has 142 valence electrons. The highest BCUT2D eigenvalue weighted by Gasteiger charge is 2.23. The van der Waals surface area contributed by atoms with Gasteiger partial charge < -0.3 is 15.5 Å². The third kappa shape index (κ3) is 6.12. The lowest BCUT2D eigenvalue weighted by molar-refractivity contribution is -0.121. The van der Waals surface area contributed by atoms with Gasteiger partial charge in [0.15, 0.2) is 5.96 Å². The van der Waals surface area contributed by atoms with Crippen LogP contribution in [-0.4, -0.2) is 44.0 Å². The lowest BCUT2D eigenvalue weighted by atomic mass is 9.93. The topological polar surface area (TPSA) is 80.5 Å². The Kier molecular flexibility index (Phi) is 9.34. The summed E-state index contributed by atoms with van der Waals surface area (Å²) in [5.74, 6) is 0.833. The normalized spacial score (nSPS) is 15.0. The van der Waals surface area contributed by atoms with E-state index in [0.29, 0.717) is 29.4 Å². The van der Waals surface area contributed by atoms with Gasteiger partial charge in [-0.05, 0) is 37.0 Å². The Morgan fingerprint density at radius 1 is 1.42 bits per heavy atom. The highest BCUT2D eigenvalue weighted by atomic mass is 127. The number of nitriles is 1. The second kappa shape index (κ2) is 11.0. The molecule has 0 bridgehead atoms. The van der Waals surface area contributed by atoms with Gasteiger partial charge in [-0.25, -0.2) is 4.39 Å². The first-order chi connectivity index (χ1) is 12.1. The lowest BCUT2D eigenvalue weighted by Crippen LogP contribution is -2.45. The van der Waals surface area contributed by atoms with E-state index in [-0.39, 0.29) is 42.2 Å². The van der Waals surface area contributed by atoms with E-state index in [1.807, 2.05) is 6.07 Å². The van der Waals surface area contributed by atoms with Crippen molar-refractivity contribution in [3.63, 3.8) is 0 Å². The quantitative estimate of drug-likeness (QED) is 0.400. The van der Waals surface area contributed by atoms with Crippen LogP contribution >= 0.6 is 24.0 Å². The van der Waals surface area contributed by atoms with E-state index in [1.54, 1.807) is 20.2 Å². The number of rotatable bonds is 4. The zero-order chi connectivity index (χ0) is 18.2. The van der Waals surface area contributed by atoms with Crippen LogP contribution in [0.5, 0.6) is 0 Å². The van der Waals surface area contributed by atoms with Crippen LogP contribution in [0.2, 0.25) is 0 Å². The van der Waals surface area contributed by atoms with Gasteiger partial charge in [0.1, 0.15) is 5.82 Å². The molecule has 1 aromatic rings. The molecule has 1 aromatic carbocycles. The Morgan fingerprint density at radius 2 is 2.12 bits per heavy atom. The summed E-state index contributed by atoms with van der Waals surface area (Å²) in [5.41, 5.74) is 0.873. The first-order valence-electron chi connectivity index (χ1n) is 8.42. The summed E-state index contributed by atoms with van der Waals surface area (Å²) in [5, 5.41) is 14.8. The van der Waals surface area contributed by atoms with E-state index in [0.717, 1.165) is 25.9 Å². The Labute approximate surface area is 170 Å². The molecule has 8 heteroatoms. The van der Waals surface area contributed by atoms with Gasteiger partial charge in [-0.3, -0.25) is 9.79 Å². The molecule has 0 unspecified atom stereocenters. The largest absolute Gasteiger partial charge is 0.359 e. The number of nitrogens with one attached hydrogen (secondary N) is 2. The molecular weight excluding hydrogens is 448 g/mol. The van der Waals surface area contributed by atoms with Crippen molar-refractivity contribution in [3.05, 3.63) is 35.1 Å². The summed E-state index contributed by atoms with van der Waals surface area (Å²) in [6, 6.07) is 6.34. The first kappa shape index (κ1) is 22.2. The van der Waals surface area contributed by atoms with Gasteiger partial charge in [0, 0.05) is 45.7 Å². The fourth-order valence-corrected chi connectivity index (χ4v) is 3.00. The van der Waals surface area contributed by atoms with Crippen LogP contribution in [0.1, 0.15) is 30.4 Å². The molecule has 0 spiro atoms.